The first-order valence-corrected chi connectivity index (χ1v) is 4.75. The molecule has 5 heteroatoms. The van der Waals surface area contributed by atoms with Gasteiger partial charge in [0.1, 0.15) is 5.75 Å². The van der Waals surface area contributed by atoms with Gasteiger partial charge in [0, 0.05) is 16.1 Å². The van der Waals surface area contributed by atoms with Crippen molar-refractivity contribution in [2.45, 2.75) is 13.2 Å². The van der Waals surface area contributed by atoms with Crippen LogP contribution in [0.2, 0.25) is 5.02 Å². The molecular weight excluding hydrogens is 218 g/mol. The van der Waals surface area contributed by atoms with Crippen LogP contribution in [0.3, 0.4) is 0 Å². The average Bonchev–Trinajstić information content (AvgIpc) is 2.28. The van der Waals surface area contributed by atoms with E-state index in [0.717, 1.165) is 16.9 Å². The second kappa shape index (κ2) is 4.45. The van der Waals surface area contributed by atoms with Gasteiger partial charge in [-0.05, 0) is 12.1 Å². The molecule has 15 heavy (non-hydrogen) atoms. The molecule has 0 N–H and O–H groups in total. The first kappa shape index (κ1) is 10.2. The van der Waals surface area contributed by atoms with Crippen LogP contribution >= 0.6 is 11.6 Å². The number of aliphatic imine (C=N–C) groups is 1. The second-order valence-electron chi connectivity index (χ2n) is 3.02. The molecule has 4 nitrogen and oxygen atoms in total. The van der Waals surface area contributed by atoms with Crippen molar-refractivity contribution in [1.29, 1.82) is 0 Å². The first-order chi connectivity index (χ1) is 7.33. The van der Waals surface area contributed by atoms with Gasteiger partial charge in [-0.2, -0.15) is 0 Å². The van der Waals surface area contributed by atoms with E-state index in [0.29, 0.717) is 11.6 Å². The monoisotopic (exact) mass is 225 g/mol. The summed E-state index contributed by atoms with van der Waals surface area (Å²) < 4.78 is 10.4. The minimum Gasteiger partial charge on any atom is -0.467 e. The van der Waals surface area contributed by atoms with Gasteiger partial charge < -0.3 is 9.47 Å². The largest absolute Gasteiger partial charge is 0.467 e. The SMILES string of the molecule is O=C=NCc1c(Cl)ccc2c1COCO2. The summed E-state index contributed by atoms with van der Waals surface area (Å²) in [6, 6.07) is 3.51. The Bertz CT molecular complexity index is 427. The maximum absolute atomic E-state index is 10.1. The Morgan fingerprint density at radius 1 is 1.53 bits per heavy atom. The van der Waals surface area contributed by atoms with Crippen LogP contribution in [0.25, 0.3) is 0 Å². The van der Waals surface area contributed by atoms with E-state index in [1.54, 1.807) is 12.1 Å². The molecule has 0 aromatic heterocycles. The zero-order valence-corrected chi connectivity index (χ0v) is 8.58. The summed E-state index contributed by atoms with van der Waals surface area (Å²) in [4.78, 5) is 13.6. The highest BCUT2D eigenvalue weighted by molar-refractivity contribution is 6.31. The summed E-state index contributed by atoms with van der Waals surface area (Å²) in [5, 5.41) is 0.557. The molecule has 0 bridgehead atoms. The Labute approximate surface area is 91.5 Å². The van der Waals surface area contributed by atoms with Gasteiger partial charge in [-0.3, -0.25) is 0 Å². The van der Waals surface area contributed by atoms with Crippen molar-refractivity contribution in [2.75, 3.05) is 6.79 Å². The van der Waals surface area contributed by atoms with Gasteiger partial charge in [-0.1, -0.05) is 11.6 Å². The standard InChI is InChI=1S/C10H8ClNO3/c11-9-1-2-10-8(4-14-6-15-10)7(9)3-12-5-13/h1-2H,3-4,6H2. The molecular formula is C10H8ClNO3. The molecule has 1 aliphatic rings. The highest BCUT2D eigenvalue weighted by Gasteiger charge is 2.16. The molecule has 0 saturated carbocycles. The number of hydrogen-bond acceptors (Lipinski definition) is 4. The van der Waals surface area contributed by atoms with Gasteiger partial charge in [0.2, 0.25) is 6.08 Å². The van der Waals surface area contributed by atoms with Gasteiger partial charge in [0.05, 0.1) is 13.2 Å². The fraction of sp³-hybridized carbons (Fsp3) is 0.300. The van der Waals surface area contributed by atoms with E-state index in [9.17, 15) is 4.79 Å². The van der Waals surface area contributed by atoms with Crippen molar-refractivity contribution >= 4 is 17.7 Å². The van der Waals surface area contributed by atoms with Gasteiger partial charge in [-0.25, -0.2) is 9.79 Å². The third-order valence-electron chi connectivity index (χ3n) is 2.18. The first-order valence-electron chi connectivity index (χ1n) is 4.37. The molecule has 2 rings (SSSR count). The van der Waals surface area contributed by atoms with Crippen LogP contribution in [-0.2, 0) is 22.7 Å². The smallest absolute Gasteiger partial charge is 0.235 e. The molecule has 0 aliphatic carbocycles. The van der Waals surface area contributed by atoms with E-state index in [1.165, 1.54) is 6.08 Å². The van der Waals surface area contributed by atoms with E-state index in [4.69, 9.17) is 21.1 Å². The summed E-state index contributed by atoms with van der Waals surface area (Å²) >= 11 is 6.00. The van der Waals surface area contributed by atoms with E-state index >= 15 is 0 Å². The van der Waals surface area contributed by atoms with Crippen molar-refractivity contribution < 1.29 is 14.3 Å². The molecule has 0 spiro atoms. The highest BCUT2D eigenvalue weighted by atomic mass is 35.5. The number of fused-ring (bicyclic) bond motifs is 1. The molecule has 0 atom stereocenters. The summed E-state index contributed by atoms with van der Waals surface area (Å²) in [5.41, 5.74) is 1.62. The van der Waals surface area contributed by atoms with Crippen molar-refractivity contribution in [3.05, 3.63) is 28.3 Å². The Kier molecular flexibility index (Phi) is 3.02. The number of halogens is 1. The zero-order valence-electron chi connectivity index (χ0n) is 7.83. The number of rotatable bonds is 2. The third kappa shape index (κ3) is 2.02. The number of ether oxygens (including phenoxy) is 2. The predicted octanol–water partition coefficient (Wildman–Crippen LogP) is 2.04. The van der Waals surface area contributed by atoms with Crippen LogP contribution in [0.4, 0.5) is 0 Å². The number of benzene rings is 1. The van der Waals surface area contributed by atoms with E-state index < -0.39 is 0 Å². The lowest BCUT2D eigenvalue weighted by Gasteiger charge is -2.20. The Morgan fingerprint density at radius 2 is 2.40 bits per heavy atom. The van der Waals surface area contributed by atoms with Crippen molar-refractivity contribution in [1.82, 2.24) is 0 Å². The minimum absolute atomic E-state index is 0.207. The third-order valence-corrected chi connectivity index (χ3v) is 2.53. The van der Waals surface area contributed by atoms with Crippen LogP contribution in [0, 0.1) is 0 Å². The molecule has 1 heterocycles. The molecule has 78 valence electrons. The number of hydrogen-bond donors (Lipinski definition) is 0. The van der Waals surface area contributed by atoms with Gasteiger partial charge >= 0.3 is 0 Å². The maximum Gasteiger partial charge on any atom is 0.235 e. The van der Waals surface area contributed by atoms with Gasteiger partial charge in [-0.15, -0.1) is 0 Å². The maximum atomic E-state index is 10.1. The average molecular weight is 226 g/mol. The predicted molar refractivity (Wildman–Crippen MR) is 53.6 cm³/mol. The normalized spacial score (nSPS) is 13.7. The van der Waals surface area contributed by atoms with Crippen LogP contribution in [0.5, 0.6) is 5.75 Å². The Hall–Kier alpha value is -1.35. The second-order valence-corrected chi connectivity index (χ2v) is 3.43. The molecule has 0 unspecified atom stereocenters. The Morgan fingerprint density at radius 3 is 3.20 bits per heavy atom. The van der Waals surface area contributed by atoms with Crippen molar-refractivity contribution in [3.63, 3.8) is 0 Å². The lowest BCUT2D eigenvalue weighted by molar-refractivity contribution is -0.0168. The number of isocyanates is 1. The molecule has 0 radical (unpaired) electrons. The number of carbonyl (C=O) groups excluding carboxylic acids is 1. The zero-order chi connectivity index (χ0) is 10.7. The van der Waals surface area contributed by atoms with Crippen LogP contribution in [0.15, 0.2) is 17.1 Å². The van der Waals surface area contributed by atoms with Crippen LogP contribution in [0.1, 0.15) is 11.1 Å². The summed E-state index contributed by atoms with van der Waals surface area (Å²) in [7, 11) is 0. The fourth-order valence-electron chi connectivity index (χ4n) is 1.47. The minimum atomic E-state index is 0.207. The topological polar surface area (TPSA) is 47.9 Å². The Balaban J connectivity index is 2.44. The van der Waals surface area contributed by atoms with E-state index in [2.05, 4.69) is 4.99 Å². The van der Waals surface area contributed by atoms with E-state index in [-0.39, 0.29) is 13.3 Å². The summed E-state index contributed by atoms with van der Waals surface area (Å²) in [6.07, 6.45) is 1.48. The molecule has 1 aromatic rings. The molecule has 0 saturated heterocycles. The summed E-state index contributed by atoms with van der Waals surface area (Å²) in [5.74, 6) is 0.738. The van der Waals surface area contributed by atoms with Crippen molar-refractivity contribution in [2.24, 2.45) is 4.99 Å². The van der Waals surface area contributed by atoms with E-state index in [1.807, 2.05) is 0 Å². The molecule has 1 aliphatic heterocycles. The van der Waals surface area contributed by atoms with Crippen LogP contribution in [-0.4, -0.2) is 12.9 Å². The summed E-state index contributed by atoms with van der Waals surface area (Å²) in [6.45, 7) is 0.878. The number of nitrogens with zero attached hydrogens (tertiary/aromatic N) is 1. The van der Waals surface area contributed by atoms with Crippen molar-refractivity contribution in [3.8, 4) is 5.75 Å². The lowest BCUT2D eigenvalue weighted by Crippen LogP contribution is -2.13. The molecule has 0 amide bonds. The highest BCUT2D eigenvalue weighted by Crippen LogP contribution is 2.32. The van der Waals surface area contributed by atoms with Gasteiger partial charge in [0.25, 0.3) is 0 Å². The lowest BCUT2D eigenvalue weighted by atomic mass is 10.1. The quantitative estimate of drug-likeness (QED) is 0.572. The molecule has 0 fully saturated rings. The fourth-order valence-corrected chi connectivity index (χ4v) is 1.70. The van der Waals surface area contributed by atoms with Crippen LogP contribution < -0.4 is 4.74 Å². The van der Waals surface area contributed by atoms with Gasteiger partial charge in [0.15, 0.2) is 6.79 Å². The molecule has 1 aromatic carbocycles.